The van der Waals surface area contributed by atoms with Gasteiger partial charge in [0, 0.05) is 6.54 Å². The Morgan fingerprint density at radius 3 is 3.00 bits per heavy atom. The van der Waals surface area contributed by atoms with Gasteiger partial charge in [0.25, 0.3) is 0 Å². The summed E-state index contributed by atoms with van der Waals surface area (Å²) in [6.07, 6.45) is 2.94. The Labute approximate surface area is 82.1 Å². The first kappa shape index (κ1) is 10.6. The summed E-state index contributed by atoms with van der Waals surface area (Å²) < 4.78 is 1.74. The molecule has 1 heterocycles. The highest BCUT2D eigenvalue weighted by Crippen LogP contribution is 2.07. The maximum atomic E-state index is 10.3. The molecule has 1 atom stereocenters. The van der Waals surface area contributed by atoms with Gasteiger partial charge in [0.05, 0.1) is 0 Å². The monoisotopic (exact) mass is 198 g/mol. The van der Waals surface area contributed by atoms with Crippen LogP contribution in [0.5, 0.6) is 0 Å². The van der Waals surface area contributed by atoms with Gasteiger partial charge in [0.2, 0.25) is 6.33 Å². The van der Waals surface area contributed by atoms with Crippen LogP contribution in [0.1, 0.15) is 6.92 Å². The van der Waals surface area contributed by atoms with Crippen molar-refractivity contribution in [2.45, 2.75) is 13.5 Å². The molecule has 0 aliphatic heterocycles. The number of imidazole rings is 1. The van der Waals surface area contributed by atoms with Crippen molar-refractivity contribution >= 4 is 5.82 Å². The van der Waals surface area contributed by atoms with E-state index in [1.165, 1.54) is 12.5 Å². The van der Waals surface area contributed by atoms with E-state index in [0.717, 1.165) is 13.1 Å². The van der Waals surface area contributed by atoms with Gasteiger partial charge in [-0.1, -0.05) is 6.92 Å². The maximum Gasteiger partial charge on any atom is 0.381 e. The summed E-state index contributed by atoms with van der Waals surface area (Å²) in [6.45, 7) is 3.69. The summed E-state index contributed by atoms with van der Waals surface area (Å²) in [7, 11) is 1.88. The molecule has 6 heteroatoms. The van der Waals surface area contributed by atoms with Crippen LogP contribution < -0.4 is 5.32 Å². The lowest BCUT2D eigenvalue weighted by atomic mass is 10.2. The molecule has 0 saturated heterocycles. The summed E-state index contributed by atoms with van der Waals surface area (Å²) in [4.78, 5) is 13.5. The first-order valence-corrected chi connectivity index (χ1v) is 4.44. The van der Waals surface area contributed by atoms with Crippen LogP contribution in [0.15, 0.2) is 12.5 Å². The summed E-state index contributed by atoms with van der Waals surface area (Å²) in [5.41, 5.74) is 0. The molecule has 0 aromatic carbocycles. The van der Waals surface area contributed by atoms with E-state index in [4.69, 9.17) is 0 Å². The first-order valence-electron chi connectivity index (χ1n) is 4.44. The highest BCUT2D eigenvalue weighted by atomic mass is 16.6. The van der Waals surface area contributed by atoms with Crippen LogP contribution in [0, 0.1) is 16.0 Å². The molecule has 0 saturated carbocycles. The van der Waals surface area contributed by atoms with Crippen molar-refractivity contribution in [2.24, 2.45) is 5.92 Å². The van der Waals surface area contributed by atoms with Crippen molar-refractivity contribution in [3.8, 4) is 0 Å². The summed E-state index contributed by atoms with van der Waals surface area (Å²) in [5, 5.41) is 13.4. The molecule has 0 fully saturated rings. The van der Waals surface area contributed by atoms with Crippen molar-refractivity contribution < 1.29 is 4.92 Å². The summed E-state index contributed by atoms with van der Waals surface area (Å²) in [5.74, 6) is 0.329. The van der Waals surface area contributed by atoms with E-state index in [2.05, 4.69) is 17.2 Å². The Morgan fingerprint density at radius 2 is 2.50 bits per heavy atom. The van der Waals surface area contributed by atoms with Crippen molar-refractivity contribution in [3.05, 3.63) is 22.6 Å². The highest BCUT2D eigenvalue weighted by molar-refractivity contribution is 5.12. The fourth-order valence-electron chi connectivity index (χ4n) is 1.32. The second-order valence-electron chi connectivity index (χ2n) is 3.35. The van der Waals surface area contributed by atoms with Gasteiger partial charge >= 0.3 is 5.82 Å². The van der Waals surface area contributed by atoms with E-state index in [0.29, 0.717) is 5.92 Å². The third kappa shape index (κ3) is 2.81. The van der Waals surface area contributed by atoms with E-state index < -0.39 is 4.92 Å². The Morgan fingerprint density at radius 1 is 1.79 bits per heavy atom. The number of hydrogen-bond donors (Lipinski definition) is 1. The number of nitrogens with one attached hydrogen (secondary N) is 1. The molecule has 0 bridgehead atoms. The van der Waals surface area contributed by atoms with Crippen molar-refractivity contribution in [1.82, 2.24) is 14.9 Å². The smallest absolute Gasteiger partial charge is 0.358 e. The van der Waals surface area contributed by atoms with Crippen LogP contribution >= 0.6 is 0 Å². The standard InChI is InChI=1S/C8H14N4O2/c1-7(3-9-2)4-11-5-8(10-6-11)12(13)14/h5-7,9H,3-4H2,1-2H3. The predicted molar refractivity (Wildman–Crippen MR) is 52.0 cm³/mol. The number of rotatable bonds is 5. The Bertz CT molecular complexity index is 310. The molecule has 1 N–H and O–H groups in total. The van der Waals surface area contributed by atoms with Crippen LogP contribution in [-0.2, 0) is 6.54 Å². The second kappa shape index (κ2) is 4.71. The van der Waals surface area contributed by atoms with E-state index in [1.54, 1.807) is 4.57 Å². The van der Waals surface area contributed by atoms with Crippen molar-refractivity contribution in [3.63, 3.8) is 0 Å². The Balaban J connectivity index is 2.55. The lowest BCUT2D eigenvalue weighted by Crippen LogP contribution is -2.20. The molecule has 0 amide bonds. The largest absolute Gasteiger partial charge is 0.381 e. The topological polar surface area (TPSA) is 73.0 Å². The number of nitrogens with zero attached hydrogens (tertiary/aromatic N) is 3. The molecule has 1 rings (SSSR count). The van der Waals surface area contributed by atoms with Gasteiger partial charge in [-0.3, -0.25) is 0 Å². The average Bonchev–Trinajstić information content (AvgIpc) is 2.53. The second-order valence-corrected chi connectivity index (χ2v) is 3.35. The van der Waals surface area contributed by atoms with Crippen LogP contribution in [-0.4, -0.2) is 28.1 Å². The van der Waals surface area contributed by atoms with Crippen molar-refractivity contribution in [2.75, 3.05) is 13.6 Å². The molecule has 1 aromatic rings. The SMILES string of the molecule is CNCC(C)Cn1cnc([N+](=O)[O-])c1. The quantitative estimate of drug-likeness (QED) is 0.556. The molecule has 0 radical (unpaired) electrons. The lowest BCUT2D eigenvalue weighted by Gasteiger charge is -2.09. The van der Waals surface area contributed by atoms with Crippen molar-refractivity contribution in [1.29, 1.82) is 0 Å². The first-order chi connectivity index (χ1) is 6.63. The van der Waals surface area contributed by atoms with Gasteiger partial charge in [-0.05, 0) is 29.4 Å². The molecule has 14 heavy (non-hydrogen) atoms. The fourth-order valence-corrected chi connectivity index (χ4v) is 1.32. The fraction of sp³-hybridized carbons (Fsp3) is 0.625. The van der Waals surface area contributed by atoms with Crippen LogP contribution in [0.25, 0.3) is 0 Å². The average molecular weight is 198 g/mol. The highest BCUT2D eigenvalue weighted by Gasteiger charge is 2.11. The lowest BCUT2D eigenvalue weighted by molar-refractivity contribution is -0.389. The van der Waals surface area contributed by atoms with Gasteiger partial charge in [-0.2, -0.15) is 0 Å². The van der Waals surface area contributed by atoms with Crippen LogP contribution in [0.4, 0.5) is 5.82 Å². The molecule has 0 spiro atoms. The molecule has 1 aromatic heterocycles. The van der Waals surface area contributed by atoms with Crippen LogP contribution in [0.3, 0.4) is 0 Å². The molecule has 0 aliphatic rings. The predicted octanol–water partition coefficient (Wildman–Crippen LogP) is 0.647. The number of nitro groups is 1. The number of hydrogen-bond acceptors (Lipinski definition) is 4. The van der Waals surface area contributed by atoms with E-state index in [9.17, 15) is 10.1 Å². The summed E-state index contributed by atoms with van der Waals surface area (Å²) >= 11 is 0. The molecule has 1 unspecified atom stereocenters. The van der Waals surface area contributed by atoms with Gasteiger partial charge < -0.3 is 20.0 Å². The zero-order chi connectivity index (χ0) is 10.6. The molecule has 78 valence electrons. The third-order valence-electron chi connectivity index (χ3n) is 1.88. The zero-order valence-corrected chi connectivity index (χ0v) is 8.30. The molecule has 6 nitrogen and oxygen atoms in total. The van der Waals surface area contributed by atoms with E-state index in [1.807, 2.05) is 7.05 Å². The number of aromatic nitrogens is 2. The third-order valence-corrected chi connectivity index (χ3v) is 1.88. The Hall–Kier alpha value is -1.43. The van der Waals surface area contributed by atoms with E-state index >= 15 is 0 Å². The van der Waals surface area contributed by atoms with Gasteiger partial charge in [0.15, 0.2) is 0 Å². The molecular weight excluding hydrogens is 184 g/mol. The minimum atomic E-state index is -0.487. The van der Waals surface area contributed by atoms with E-state index in [-0.39, 0.29) is 5.82 Å². The van der Waals surface area contributed by atoms with Gasteiger partial charge in [0.1, 0.15) is 6.20 Å². The maximum absolute atomic E-state index is 10.3. The van der Waals surface area contributed by atoms with Gasteiger partial charge in [-0.15, -0.1) is 0 Å². The Kier molecular flexibility index (Phi) is 3.58. The zero-order valence-electron chi connectivity index (χ0n) is 8.30. The molecule has 0 aliphatic carbocycles. The van der Waals surface area contributed by atoms with Crippen LogP contribution in [0.2, 0.25) is 0 Å². The normalized spacial score (nSPS) is 12.7. The molecular formula is C8H14N4O2. The minimum absolute atomic E-state index is 0.0957. The summed E-state index contributed by atoms with van der Waals surface area (Å²) in [6, 6.07) is 0. The minimum Gasteiger partial charge on any atom is -0.358 e. The van der Waals surface area contributed by atoms with Gasteiger partial charge in [-0.25, -0.2) is 0 Å².